The highest BCUT2D eigenvalue weighted by atomic mass is 79.9. The molecule has 0 radical (unpaired) electrons. The fraction of sp³-hybridized carbons (Fsp3) is 0.300. The van der Waals surface area contributed by atoms with Gasteiger partial charge in [0.15, 0.2) is 0 Å². The number of amides is 3. The summed E-state index contributed by atoms with van der Waals surface area (Å²) in [6.07, 6.45) is 1.24. The predicted octanol–water partition coefficient (Wildman–Crippen LogP) is 3.90. The summed E-state index contributed by atoms with van der Waals surface area (Å²) in [7, 11) is 1.63. The Morgan fingerprint density at radius 1 is 1.04 bits per heavy atom. The van der Waals surface area contributed by atoms with Crippen molar-refractivity contribution < 1.29 is 14.3 Å². The molecule has 6 heteroatoms. The third-order valence-corrected chi connectivity index (χ3v) is 5.20. The van der Waals surface area contributed by atoms with E-state index in [1.807, 2.05) is 48.5 Å². The van der Waals surface area contributed by atoms with Crippen LogP contribution in [0.2, 0.25) is 0 Å². The summed E-state index contributed by atoms with van der Waals surface area (Å²) < 4.78 is 6.12. The lowest BCUT2D eigenvalue weighted by Crippen LogP contribution is -2.44. The maximum atomic E-state index is 12.8. The van der Waals surface area contributed by atoms with Gasteiger partial charge in [0.05, 0.1) is 13.7 Å². The summed E-state index contributed by atoms with van der Waals surface area (Å²) in [6, 6.07) is 15.0. The summed E-state index contributed by atoms with van der Waals surface area (Å²) in [5.41, 5.74) is 1.13. The van der Waals surface area contributed by atoms with Gasteiger partial charge in [-0.3, -0.25) is 9.69 Å². The third kappa shape index (κ3) is 3.90. The minimum absolute atomic E-state index is 0.182. The Morgan fingerprint density at radius 2 is 1.65 bits per heavy atom. The molecule has 1 N–H and O–H groups in total. The van der Waals surface area contributed by atoms with Crippen molar-refractivity contribution >= 4 is 27.9 Å². The number of carbonyl (C=O) groups is 2. The van der Waals surface area contributed by atoms with E-state index < -0.39 is 5.54 Å². The molecular weight excluding hydrogens is 396 g/mol. The fourth-order valence-corrected chi connectivity index (χ4v) is 3.28. The van der Waals surface area contributed by atoms with Gasteiger partial charge in [-0.15, -0.1) is 0 Å². The second-order valence-corrected chi connectivity index (χ2v) is 7.54. The van der Waals surface area contributed by atoms with Crippen LogP contribution in [0.5, 0.6) is 5.75 Å². The first-order valence-electron chi connectivity index (χ1n) is 8.43. The Kier molecular flexibility index (Phi) is 5.32. The zero-order chi connectivity index (χ0) is 18.7. The number of methoxy groups -OCH3 is 1. The maximum Gasteiger partial charge on any atom is 0.325 e. The highest BCUT2D eigenvalue weighted by Crippen LogP contribution is 2.25. The average molecular weight is 417 g/mol. The smallest absolute Gasteiger partial charge is 0.325 e. The van der Waals surface area contributed by atoms with Crippen LogP contribution in [0.1, 0.15) is 24.5 Å². The quantitative estimate of drug-likeness (QED) is 0.726. The molecule has 0 unspecified atom stereocenters. The van der Waals surface area contributed by atoms with Crippen molar-refractivity contribution in [2.24, 2.45) is 0 Å². The van der Waals surface area contributed by atoms with Crippen molar-refractivity contribution in [1.82, 2.24) is 10.2 Å². The first kappa shape index (κ1) is 18.5. The van der Waals surface area contributed by atoms with Gasteiger partial charge in [0.2, 0.25) is 0 Å². The number of rotatable bonds is 6. The van der Waals surface area contributed by atoms with Gasteiger partial charge in [-0.05, 0) is 55.2 Å². The number of carbonyl (C=O) groups excluding carboxylic acids is 2. The molecule has 1 atom stereocenters. The molecule has 0 spiro atoms. The predicted molar refractivity (Wildman–Crippen MR) is 103 cm³/mol. The van der Waals surface area contributed by atoms with Gasteiger partial charge in [0, 0.05) is 4.47 Å². The van der Waals surface area contributed by atoms with Gasteiger partial charge in [-0.1, -0.05) is 40.2 Å². The van der Waals surface area contributed by atoms with Crippen molar-refractivity contribution in [3.8, 4) is 5.75 Å². The molecule has 1 aliphatic rings. The minimum Gasteiger partial charge on any atom is -0.497 e. The monoisotopic (exact) mass is 416 g/mol. The van der Waals surface area contributed by atoms with Crippen LogP contribution < -0.4 is 10.1 Å². The second-order valence-electron chi connectivity index (χ2n) is 6.63. The molecule has 3 amide bonds. The lowest BCUT2D eigenvalue weighted by atomic mass is 9.93. The summed E-state index contributed by atoms with van der Waals surface area (Å²) >= 11 is 3.38. The van der Waals surface area contributed by atoms with E-state index in [1.54, 1.807) is 14.0 Å². The zero-order valence-electron chi connectivity index (χ0n) is 14.8. The summed E-state index contributed by atoms with van der Waals surface area (Å²) in [6.45, 7) is 2.06. The first-order valence-corrected chi connectivity index (χ1v) is 9.22. The molecule has 136 valence electrons. The van der Waals surface area contributed by atoms with Gasteiger partial charge in [0.25, 0.3) is 5.91 Å². The average Bonchev–Trinajstić information content (AvgIpc) is 2.86. The lowest BCUT2D eigenvalue weighted by molar-refractivity contribution is -0.131. The highest BCUT2D eigenvalue weighted by Gasteiger charge is 2.47. The molecule has 1 saturated heterocycles. The van der Waals surface area contributed by atoms with E-state index in [9.17, 15) is 9.59 Å². The van der Waals surface area contributed by atoms with Crippen molar-refractivity contribution in [3.63, 3.8) is 0 Å². The molecule has 0 aromatic heterocycles. The van der Waals surface area contributed by atoms with E-state index in [-0.39, 0.29) is 18.5 Å². The van der Waals surface area contributed by atoms with Crippen molar-refractivity contribution in [2.75, 3.05) is 7.11 Å². The molecule has 5 nitrogen and oxygen atoms in total. The molecule has 1 heterocycles. The molecule has 2 aromatic carbocycles. The van der Waals surface area contributed by atoms with Gasteiger partial charge < -0.3 is 10.1 Å². The number of imide groups is 1. The lowest BCUT2D eigenvalue weighted by Gasteiger charge is -2.21. The Labute approximate surface area is 161 Å². The van der Waals surface area contributed by atoms with Crippen LogP contribution in [-0.4, -0.2) is 29.5 Å². The SMILES string of the molecule is COc1ccc(CC[C@]2(C)NC(=O)N(Cc3ccc(Br)cc3)C2=O)cc1. The number of hydrogen-bond donors (Lipinski definition) is 1. The molecular formula is C20H21BrN2O3. The normalized spacial score (nSPS) is 19.6. The number of aryl methyl sites for hydroxylation is 1. The van der Waals surface area contributed by atoms with Crippen molar-refractivity contribution in [2.45, 2.75) is 31.8 Å². The summed E-state index contributed by atoms with van der Waals surface area (Å²) in [5, 5.41) is 2.86. The van der Waals surface area contributed by atoms with E-state index in [4.69, 9.17) is 4.74 Å². The Bertz CT molecular complexity index is 805. The van der Waals surface area contributed by atoms with Crippen LogP contribution in [-0.2, 0) is 17.8 Å². The number of halogens is 1. The van der Waals surface area contributed by atoms with Crippen LogP contribution in [0, 0.1) is 0 Å². The Hall–Kier alpha value is -2.34. The summed E-state index contributed by atoms with van der Waals surface area (Å²) in [5.74, 6) is 0.616. The van der Waals surface area contributed by atoms with Gasteiger partial charge in [-0.25, -0.2) is 4.79 Å². The standard InChI is InChI=1S/C20H21BrN2O3/c1-20(12-11-14-5-9-17(26-2)10-6-14)18(24)23(19(25)22-20)13-15-3-7-16(21)8-4-15/h3-10H,11-13H2,1-2H3,(H,22,25)/t20-/m0/s1. The minimum atomic E-state index is -0.883. The molecule has 0 bridgehead atoms. The fourth-order valence-electron chi connectivity index (χ4n) is 3.02. The number of ether oxygens (including phenoxy) is 1. The Morgan fingerprint density at radius 3 is 2.27 bits per heavy atom. The first-order chi connectivity index (χ1) is 12.4. The van der Waals surface area contributed by atoms with Crippen LogP contribution in [0.4, 0.5) is 4.79 Å². The van der Waals surface area contributed by atoms with Gasteiger partial charge in [0.1, 0.15) is 11.3 Å². The summed E-state index contributed by atoms with van der Waals surface area (Å²) in [4.78, 5) is 26.5. The van der Waals surface area contributed by atoms with Crippen LogP contribution in [0.3, 0.4) is 0 Å². The number of hydrogen-bond acceptors (Lipinski definition) is 3. The molecule has 2 aromatic rings. The topological polar surface area (TPSA) is 58.6 Å². The molecule has 0 saturated carbocycles. The van der Waals surface area contributed by atoms with Crippen molar-refractivity contribution in [1.29, 1.82) is 0 Å². The van der Waals surface area contributed by atoms with Crippen molar-refractivity contribution in [3.05, 3.63) is 64.1 Å². The van der Waals surface area contributed by atoms with Crippen LogP contribution >= 0.6 is 15.9 Å². The second kappa shape index (κ2) is 7.50. The highest BCUT2D eigenvalue weighted by molar-refractivity contribution is 9.10. The van der Waals surface area contributed by atoms with E-state index in [0.717, 1.165) is 21.3 Å². The maximum absolute atomic E-state index is 12.8. The van der Waals surface area contributed by atoms with E-state index in [0.29, 0.717) is 12.8 Å². The van der Waals surface area contributed by atoms with Gasteiger partial charge >= 0.3 is 6.03 Å². The third-order valence-electron chi connectivity index (χ3n) is 4.67. The van der Waals surface area contributed by atoms with E-state index >= 15 is 0 Å². The number of benzene rings is 2. The molecule has 0 aliphatic carbocycles. The molecule has 3 rings (SSSR count). The number of urea groups is 1. The molecule has 26 heavy (non-hydrogen) atoms. The van der Waals surface area contributed by atoms with E-state index in [2.05, 4.69) is 21.2 Å². The van der Waals surface area contributed by atoms with E-state index in [1.165, 1.54) is 4.90 Å². The molecule has 1 fully saturated rings. The van der Waals surface area contributed by atoms with Crippen LogP contribution in [0.15, 0.2) is 53.0 Å². The van der Waals surface area contributed by atoms with Crippen LogP contribution in [0.25, 0.3) is 0 Å². The number of nitrogens with one attached hydrogen (secondary N) is 1. The Balaban J connectivity index is 1.66. The number of nitrogens with zero attached hydrogens (tertiary/aromatic N) is 1. The zero-order valence-corrected chi connectivity index (χ0v) is 16.4. The largest absolute Gasteiger partial charge is 0.497 e. The van der Waals surface area contributed by atoms with Gasteiger partial charge in [-0.2, -0.15) is 0 Å². The molecule has 1 aliphatic heterocycles.